The van der Waals surface area contributed by atoms with Gasteiger partial charge in [0.1, 0.15) is 0 Å². The Kier molecular flexibility index (Phi) is 5.20. The number of H-pyrrole nitrogens is 1. The number of amides is 1. The zero-order valence-corrected chi connectivity index (χ0v) is 17.7. The van der Waals surface area contributed by atoms with E-state index in [-0.39, 0.29) is 11.6 Å². The minimum absolute atomic E-state index is 0.223. The van der Waals surface area contributed by atoms with Gasteiger partial charge in [-0.05, 0) is 53.1 Å². The molecule has 0 fully saturated rings. The highest BCUT2D eigenvalue weighted by Crippen LogP contribution is 2.27. The van der Waals surface area contributed by atoms with Crippen molar-refractivity contribution in [2.45, 2.75) is 6.54 Å². The molecule has 0 spiro atoms. The number of nitrogen functional groups attached to an aromatic ring is 1. The van der Waals surface area contributed by atoms with Crippen molar-refractivity contribution in [3.8, 4) is 11.1 Å². The monoisotopic (exact) mass is 435 g/mol. The fraction of sp³-hybridized carbons (Fsp3) is 0.0385. The van der Waals surface area contributed by atoms with Crippen molar-refractivity contribution in [3.05, 3.63) is 113 Å². The molecule has 0 aliphatic heterocycles. The molecule has 162 valence electrons. The van der Waals surface area contributed by atoms with Crippen LogP contribution in [-0.2, 0) is 6.54 Å². The standard InChI is InChI=1S/C26H21N5O2/c27-21-13-12-20(18-5-2-1-3-6-18)15-23(21)29-25(32)19-10-8-17(9-11-19)16-31-24-22(30-26(31)33)7-4-14-28-24/h1-15H,16,27H2,(H,29,32)(H,30,33). The molecule has 33 heavy (non-hydrogen) atoms. The molecular formula is C26H21N5O2. The van der Waals surface area contributed by atoms with Gasteiger partial charge in [-0.15, -0.1) is 0 Å². The quantitative estimate of drug-likeness (QED) is 0.358. The number of aromatic nitrogens is 3. The van der Waals surface area contributed by atoms with Crippen LogP contribution >= 0.6 is 0 Å². The number of nitrogens with one attached hydrogen (secondary N) is 2. The van der Waals surface area contributed by atoms with Crippen LogP contribution in [-0.4, -0.2) is 20.4 Å². The number of carbonyl (C=O) groups excluding carboxylic acids is 1. The molecule has 5 rings (SSSR count). The predicted molar refractivity (Wildman–Crippen MR) is 130 cm³/mol. The van der Waals surface area contributed by atoms with Crippen LogP contribution < -0.4 is 16.7 Å². The molecule has 0 aliphatic rings. The van der Waals surface area contributed by atoms with Crippen LogP contribution in [0.2, 0.25) is 0 Å². The molecule has 0 unspecified atom stereocenters. The van der Waals surface area contributed by atoms with Gasteiger partial charge in [-0.2, -0.15) is 0 Å². The van der Waals surface area contributed by atoms with Crippen LogP contribution in [0.3, 0.4) is 0 Å². The van der Waals surface area contributed by atoms with Crippen molar-refractivity contribution < 1.29 is 4.79 Å². The highest BCUT2D eigenvalue weighted by atomic mass is 16.2. The third-order valence-electron chi connectivity index (χ3n) is 5.49. The average molecular weight is 435 g/mol. The number of pyridine rings is 1. The first-order valence-electron chi connectivity index (χ1n) is 10.5. The van der Waals surface area contributed by atoms with Gasteiger partial charge in [0, 0.05) is 11.8 Å². The van der Waals surface area contributed by atoms with Gasteiger partial charge >= 0.3 is 5.69 Å². The number of fused-ring (bicyclic) bond motifs is 1. The Morgan fingerprint density at radius 1 is 0.939 bits per heavy atom. The van der Waals surface area contributed by atoms with Gasteiger partial charge in [-0.1, -0.05) is 48.5 Å². The van der Waals surface area contributed by atoms with Gasteiger partial charge in [-0.25, -0.2) is 9.78 Å². The minimum atomic E-state index is -0.260. The van der Waals surface area contributed by atoms with Crippen molar-refractivity contribution in [2.75, 3.05) is 11.1 Å². The molecule has 7 nitrogen and oxygen atoms in total. The second-order valence-corrected chi connectivity index (χ2v) is 7.71. The molecule has 2 heterocycles. The number of rotatable bonds is 5. The molecule has 0 saturated carbocycles. The number of benzene rings is 3. The fourth-order valence-electron chi connectivity index (χ4n) is 3.75. The SMILES string of the molecule is Nc1ccc(-c2ccccc2)cc1NC(=O)c1ccc(Cn2c(=O)[nH]c3cccnc32)cc1. The van der Waals surface area contributed by atoms with Crippen LogP contribution in [0.5, 0.6) is 0 Å². The number of anilines is 2. The van der Waals surface area contributed by atoms with E-state index in [9.17, 15) is 9.59 Å². The number of hydrogen-bond acceptors (Lipinski definition) is 4. The number of imidazole rings is 1. The summed E-state index contributed by atoms with van der Waals surface area (Å²) in [5.74, 6) is -0.260. The largest absolute Gasteiger partial charge is 0.397 e. The molecule has 0 bridgehead atoms. The summed E-state index contributed by atoms with van der Waals surface area (Å²) in [4.78, 5) is 32.2. The van der Waals surface area contributed by atoms with Gasteiger partial charge in [0.25, 0.3) is 5.91 Å². The number of nitrogens with zero attached hydrogens (tertiary/aromatic N) is 2. The molecule has 0 atom stereocenters. The average Bonchev–Trinajstić information content (AvgIpc) is 3.16. The molecule has 4 N–H and O–H groups in total. The van der Waals surface area contributed by atoms with Gasteiger partial charge in [0.05, 0.1) is 23.4 Å². The predicted octanol–water partition coefficient (Wildman–Crippen LogP) is 4.27. The zero-order valence-electron chi connectivity index (χ0n) is 17.7. The lowest BCUT2D eigenvalue weighted by Crippen LogP contribution is -2.18. The lowest BCUT2D eigenvalue weighted by molar-refractivity contribution is 0.102. The minimum Gasteiger partial charge on any atom is -0.397 e. The summed E-state index contributed by atoms with van der Waals surface area (Å²) < 4.78 is 1.57. The van der Waals surface area contributed by atoms with E-state index < -0.39 is 0 Å². The van der Waals surface area contributed by atoms with E-state index in [1.807, 2.05) is 60.7 Å². The summed E-state index contributed by atoms with van der Waals surface area (Å²) in [7, 11) is 0. The van der Waals surface area contributed by atoms with Gasteiger partial charge < -0.3 is 16.0 Å². The summed E-state index contributed by atoms with van der Waals surface area (Å²) in [6, 6.07) is 26.2. The maximum atomic E-state index is 12.8. The first-order valence-corrected chi connectivity index (χ1v) is 10.5. The molecule has 2 aromatic heterocycles. The van der Waals surface area contributed by atoms with E-state index in [0.29, 0.717) is 34.6 Å². The molecule has 0 radical (unpaired) electrons. The van der Waals surface area contributed by atoms with E-state index in [2.05, 4.69) is 15.3 Å². The van der Waals surface area contributed by atoms with Crippen molar-refractivity contribution in [2.24, 2.45) is 0 Å². The lowest BCUT2D eigenvalue weighted by atomic mass is 10.0. The maximum absolute atomic E-state index is 12.8. The Bertz CT molecular complexity index is 1500. The van der Waals surface area contributed by atoms with Crippen molar-refractivity contribution >= 4 is 28.4 Å². The summed E-state index contributed by atoms with van der Waals surface area (Å²) in [5.41, 5.74) is 11.6. The van der Waals surface area contributed by atoms with Crippen LogP contribution in [0.1, 0.15) is 15.9 Å². The van der Waals surface area contributed by atoms with Gasteiger partial charge in [0.15, 0.2) is 5.65 Å². The lowest BCUT2D eigenvalue weighted by Gasteiger charge is -2.11. The molecule has 3 aromatic carbocycles. The van der Waals surface area contributed by atoms with Crippen LogP contribution in [0.15, 0.2) is 95.9 Å². The Morgan fingerprint density at radius 3 is 2.52 bits per heavy atom. The summed E-state index contributed by atoms with van der Waals surface area (Å²) in [6.45, 7) is 0.351. The first-order chi connectivity index (χ1) is 16.1. The summed E-state index contributed by atoms with van der Waals surface area (Å²) >= 11 is 0. The summed E-state index contributed by atoms with van der Waals surface area (Å²) in [6.07, 6.45) is 1.65. The highest BCUT2D eigenvalue weighted by Gasteiger charge is 2.11. The number of hydrogen-bond donors (Lipinski definition) is 3. The molecule has 1 amide bonds. The normalized spacial score (nSPS) is 10.9. The van der Waals surface area contributed by atoms with E-state index in [1.54, 1.807) is 35.0 Å². The Morgan fingerprint density at radius 2 is 1.73 bits per heavy atom. The Labute approximate surface area is 189 Å². The van der Waals surface area contributed by atoms with Crippen LogP contribution in [0, 0.1) is 0 Å². The second kappa shape index (κ2) is 8.47. The van der Waals surface area contributed by atoms with Gasteiger partial charge in [0.2, 0.25) is 0 Å². The zero-order chi connectivity index (χ0) is 22.8. The molecule has 0 aliphatic carbocycles. The third-order valence-corrected chi connectivity index (χ3v) is 5.49. The van der Waals surface area contributed by atoms with Crippen LogP contribution in [0.25, 0.3) is 22.3 Å². The Hall–Kier alpha value is -4.65. The molecule has 7 heteroatoms. The fourth-order valence-corrected chi connectivity index (χ4v) is 3.75. The molecular weight excluding hydrogens is 414 g/mol. The van der Waals surface area contributed by atoms with E-state index in [1.165, 1.54) is 0 Å². The number of carbonyl (C=O) groups is 1. The van der Waals surface area contributed by atoms with E-state index in [4.69, 9.17) is 5.73 Å². The second-order valence-electron chi connectivity index (χ2n) is 7.71. The third kappa shape index (κ3) is 4.12. The van der Waals surface area contributed by atoms with Gasteiger partial charge in [-0.3, -0.25) is 9.36 Å². The highest BCUT2D eigenvalue weighted by molar-refractivity contribution is 6.06. The number of aromatic amines is 1. The topological polar surface area (TPSA) is 106 Å². The first kappa shape index (κ1) is 20.3. The molecule has 0 saturated heterocycles. The Balaban J connectivity index is 1.34. The van der Waals surface area contributed by atoms with Crippen LogP contribution in [0.4, 0.5) is 11.4 Å². The van der Waals surface area contributed by atoms with E-state index >= 15 is 0 Å². The maximum Gasteiger partial charge on any atom is 0.327 e. The summed E-state index contributed by atoms with van der Waals surface area (Å²) in [5, 5.41) is 2.90. The smallest absolute Gasteiger partial charge is 0.327 e. The number of nitrogens with two attached hydrogens (primary N) is 1. The van der Waals surface area contributed by atoms with E-state index in [0.717, 1.165) is 16.7 Å². The van der Waals surface area contributed by atoms with Crippen molar-refractivity contribution in [1.29, 1.82) is 0 Å². The van der Waals surface area contributed by atoms with Crippen molar-refractivity contribution in [3.63, 3.8) is 0 Å². The van der Waals surface area contributed by atoms with Crippen molar-refractivity contribution in [1.82, 2.24) is 14.5 Å². The molecule has 5 aromatic rings.